The molecule has 1 N–H and O–H groups in total. The normalized spacial score (nSPS) is 10.1. The molecule has 92 valence electrons. The summed E-state index contributed by atoms with van der Waals surface area (Å²) in [6.07, 6.45) is 0. The number of hydrogen-bond donors (Lipinski definition) is 1. The Morgan fingerprint density at radius 2 is 2.00 bits per heavy atom. The minimum absolute atomic E-state index is 0.0303. The fourth-order valence-electron chi connectivity index (χ4n) is 1.39. The molecule has 0 spiro atoms. The van der Waals surface area contributed by atoms with Gasteiger partial charge in [0.05, 0.1) is 11.0 Å². The Labute approximate surface area is 101 Å². The molecule has 0 aromatic heterocycles. The summed E-state index contributed by atoms with van der Waals surface area (Å²) in [5, 5.41) is 20.0. The van der Waals surface area contributed by atoms with Crippen LogP contribution in [0.1, 0.15) is 0 Å². The Hall–Kier alpha value is -2.63. The largest absolute Gasteiger partial charge is 0.508 e. The maximum atomic E-state index is 12.9. The lowest BCUT2D eigenvalue weighted by Crippen LogP contribution is -1.94. The van der Waals surface area contributed by atoms with Gasteiger partial charge < -0.3 is 9.84 Å². The first-order chi connectivity index (χ1) is 8.56. The third kappa shape index (κ3) is 2.54. The smallest absolute Gasteiger partial charge is 0.314 e. The van der Waals surface area contributed by atoms with Crippen molar-refractivity contribution in [1.82, 2.24) is 0 Å². The van der Waals surface area contributed by atoms with Gasteiger partial charge in [0.2, 0.25) is 5.75 Å². The van der Waals surface area contributed by atoms with Crippen molar-refractivity contribution in [1.29, 1.82) is 0 Å². The van der Waals surface area contributed by atoms with Crippen LogP contribution in [0, 0.1) is 15.9 Å². The van der Waals surface area contributed by atoms with Gasteiger partial charge in [0.1, 0.15) is 17.3 Å². The van der Waals surface area contributed by atoms with Gasteiger partial charge in [0, 0.05) is 6.07 Å². The number of ether oxygens (including phenoxy) is 1. The summed E-state index contributed by atoms with van der Waals surface area (Å²) >= 11 is 0. The molecule has 0 saturated carbocycles. The molecule has 0 unspecified atom stereocenters. The van der Waals surface area contributed by atoms with Gasteiger partial charge >= 0.3 is 5.69 Å². The summed E-state index contributed by atoms with van der Waals surface area (Å²) < 4.78 is 18.1. The Morgan fingerprint density at radius 3 is 2.67 bits per heavy atom. The number of nitro groups is 1. The van der Waals surface area contributed by atoms with Crippen molar-refractivity contribution >= 4 is 5.69 Å². The van der Waals surface area contributed by atoms with E-state index < -0.39 is 16.4 Å². The van der Waals surface area contributed by atoms with Gasteiger partial charge in [-0.15, -0.1) is 0 Å². The predicted molar refractivity (Wildman–Crippen MR) is 61.2 cm³/mol. The lowest BCUT2D eigenvalue weighted by atomic mass is 10.3. The van der Waals surface area contributed by atoms with E-state index in [1.807, 2.05) is 0 Å². The zero-order valence-corrected chi connectivity index (χ0v) is 9.04. The molecule has 0 amide bonds. The molecule has 0 fully saturated rings. The minimum atomic E-state index is -0.735. The first kappa shape index (κ1) is 11.8. The van der Waals surface area contributed by atoms with Crippen LogP contribution in [0.5, 0.6) is 17.2 Å². The van der Waals surface area contributed by atoms with E-state index in [9.17, 15) is 19.6 Å². The molecule has 2 aromatic rings. The van der Waals surface area contributed by atoms with Crippen LogP contribution in [-0.4, -0.2) is 10.0 Å². The molecule has 0 radical (unpaired) electrons. The summed E-state index contributed by atoms with van der Waals surface area (Å²) in [7, 11) is 0. The van der Waals surface area contributed by atoms with E-state index in [1.165, 1.54) is 24.3 Å². The highest BCUT2D eigenvalue weighted by molar-refractivity contribution is 5.49. The number of hydrogen-bond acceptors (Lipinski definition) is 4. The Kier molecular flexibility index (Phi) is 3.09. The number of phenols is 1. The fourth-order valence-corrected chi connectivity index (χ4v) is 1.39. The van der Waals surface area contributed by atoms with Crippen molar-refractivity contribution in [2.45, 2.75) is 0 Å². The van der Waals surface area contributed by atoms with Gasteiger partial charge in [-0.2, -0.15) is 0 Å². The number of rotatable bonds is 3. The summed E-state index contributed by atoms with van der Waals surface area (Å²) in [5.41, 5.74) is -0.474. The Balaban J connectivity index is 2.37. The van der Waals surface area contributed by atoms with E-state index in [-0.39, 0.29) is 17.2 Å². The molecule has 2 rings (SSSR count). The summed E-state index contributed by atoms with van der Waals surface area (Å²) in [6, 6.07) is 8.78. The van der Waals surface area contributed by atoms with Crippen LogP contribution in [0.15, 0.2) is 42.5 Å². The molecule has 0 saturated heterocycles. The van der Waals surface area contributed by atoms with E-state index in [0.717, 1.165) is 18.2 Å². The lowest BCUT2D eigenvalue weighted by molar-refractivity contribution is -0.385. The van der Waals surface area contributed by atoms with Crippen molar-refractivity contribution in [2.24, 2.45) is 0 Å². The molecule has 18 heavy (non-hydrogen) atoms. The zero-order chi connectivity index (χ0) is 13.1. The van der Waals surface area contributed by atoms with Gasteiger partial charge in [-0.25, -0.2) is 4.39 Å². The average Bonchev–Trinajstić information content (AvgIpc) is 2.31. The van der Waals surface area contributed by atoms with Crippen molar-refractivity contribution in [2.75, 3.05) is 0 Å². The third-order valence-electron chi connectivity index (χ3n) is 2.16. The van der Waals surface area contributed by atoms with Gasteiger partial charge in [-0.1, -0.05) is 6.07 Å². The van der Waals surface area contributed by atoms with Crippen molar-refractivity contribution < 1.29 is 19.2 Å². The summed E-state index contributed by atoms with van der Waals surface area (Å²) in [4.78, 5) is 10.0. The van der Waals surface area contributed by atoms with Crippen LogP contribution in [0.25, 0.3) is 0 Å². The number of benzene rings is 2. The molecule has 2 aromatic carbocycles. The van der Waals surface area contributed by atoms with Gasteiger partial charge in [-0.05, 0) is 24.3 Å². The molecule has 0 aliphatic heterocycles. The molecular formula is C12H8FNO4. The first-order valence-electron chi connectivity index (χ1n) is 4.97. The SMILES string of the molecule is O=[N+]([O-])c1cc(F)ccc1Oc1cccc(O)c1. The van der Waals surface area contributed by atoms with Gasteiger partial charge in [0.15, 0.2) is 0 Å². The van der Waals surface area contributed by atoms with E-state index in [0.29, 0.717) is 0 Å². The molecule has 0 heterocycles. The van der Waals surface area contributed by atoms with Crippen LogP contribution >= 0.6 is 0 Å². The van der Waals surface area contributed by atoms with Crippen LogP contribution in [-0.2, 0) is 0 Å². The van der Waals surface area contributed by atoms with Gasteiger partial charge in [0.25, 0.3) is 0 Å². The second-order valence-corrected chi connectivity index (χ2v) is 3.47. The molecule has 0 aliphatic carbocycles. The molecule has 5 nitrogen and oxygen atoms in total. The monoisotopic (exact) mass is 249 g/mol. The topological polar surface area (TPSA) is 72.6 Å². The molecule has 0 atom stereocenters. The van der Waals surface area contributed by atoms with Crippen LogP contribution < -0.4 is 4.74 Å². The number of phenolic OH excluding ortho intramolecular Hbond substituents is 1. The van der Waals surface area contributed by atoms with Crippen molar-refractivity contribution in [3.63, 3.8) is 0 Å². The Bertz CT molecular complexity index is 600. The van der Waals surface area contributed by atoms with Crippen LogP contribution in [0.4, 0.5) is 10.1 Å². The van der Waals surface area contributed by atoms with Gasteiger partial charge in [-0.3, -0.25) is 10.1 Å². The average molecular weight is 249 g/mol. The van der Waals surface area contributed by atoms with Crippen molar-refractivity contribution in [3.05, 3.63) is 58.4 Å². The predicted octanol–water partition coefficient (Wildman–Crippen LogP) is 3.23. The fraction of sp³-hybridized carbons (Fsp3) is 0. The van der Waals surface area contributed by atoms with E-state index in [1.54, 1.807) is 0 Å². The van der Waals surface area contributed by atoms with Crippen molar-refractivity contribution in [3.8, 4) is 17.2 Å². The van der Waals surface area contributed by atoms with Crippen LogP contribution in [0.3, 0.4) is 0 Å². The van der Waals surface area contributed by atoms with E-state index >= 15 is 0 Å². The number of nitrogens with zero attached hydrogens (tertiary/aromatic N) is 1. The molecule has 6 heteroatoms. The maximum absolute atomic E-state index is 12.9. The Morgan fingerprint density at radius 1 is 1.22 bits per heavy atom. The number of halogens is 1. The lowest BCUT2D eigenvalue weighted by Gasteiger charge is -2.06. The second-order valence-electron chi connectivity index (χ2n) is 3.47. The second kappa shape index (κ2) is 4.70. The number of aromatic hydroxyl groups is 1. The molecule has 0 bridgehead atoms. The minimum Gasteiger partial charge on any atom is -0.508 e. The molecule has 0 aliphatic rings. The zero-order valence-electron chi connectivity index (χ0n) is 9.04. The quantitative estimate of drug-likeness (QED) is 0.669. The first-order valence-corrected chi connectivity index (χ1v) is 4.97. The highest BCUT2D eigenvalue weighted by Gasteiger charge is 2.17. The number of nitro benzene ring substituents is 1. The molecular weight excluding hydrogens is 241 g/mol. The van der Waals surface area contributed by atoms with E-state index in [4.69, 9.17) is 4.74 Å². The maximum Gasteiger partial charge on any atom is 0.314 e. The van der Waals surface area contributed by atoms with Crippen LogP contribution in [0.2, 0.25) is 0 Å². The summed E-state index contributed by atoms with van der Waals surface area (Å²) in [5.74, 6) is -0.612. The standard InChI is InChI=1S/C12H8FNO4/c13-8-4-5-12(11(6-8)14(16)17)18-10-3-1-2-9(15)7-10/h1-7,15H. The third-order valence-corrected chi connectivity index (χ3v) is 2.16. The summed E-state index contributed by atoms with van der Waals surface area (Å²) in [6.45, 7) is 0. The highest BCUT2D eigenvalue weighted by atomic mass is 19.1. The highest BCUT2D eigenvalue weighted by Crippen LogP contribution is 2.32. The van der Waals surface area contributed by atoms with E-state index in [2.05, 4.69) is 0 Å².